The van der Waals surface area contributed by atoms with Crippen molar-refractivity contribution in [3.8, 4) is 0 Å². The molecule has 2 aromatic rings. The normalized spacial score (nSPS) is 14.3. The number of urea groups is 1. The van der Waals surface area contributed by atoms with Gasteiger partial charge in [-0.15, -0.1) is 5.10 Å². The predicted molar refractivity (Wildman–Crippen MR) is 110 cm³/mol. The van der Waals surface area contributed by atoms with Crippen LogP contribution in [-0.2, 0) is 6.54 Å². The molecule has 1 aliphatic heterocycles. The van der Waals surface area contributed by atoms with Crippen molar-refractivity contribution in [3.05, 3.63) is 41.6 Å². The summed E-state index contributed by atoms with van der Waals surface area (Å²) in [6, 6.07) is 4.58. The van der Waals surface area contributed by atoms with E-state index in [-0.39, 0.29) is 11.7 Å². The Morgan fingerprint density at radius 1 is 1.20 bits per heavy atom. The van der Waals surface area contributed by atoms with E-state index in [1.165, 1.54) is 13.1 Å². The summed E-state index contributed by atoms with van der Waals surface area (Å²) in [6.07, 6.45) is 1.66. The number of halogens is 1. The quantitative estimate of drug-likeness (QED) is 0.598. The minimum absolute atomic E-state index is 0.0552. The number of aromatic nitrogens is 3. The fourth-order valence-corrected chi connectivity index (χ4v) is 3.20. The molecule has 10 nitrogen and oxygen atoms in total. The molecule has 0 radical (unpaired) electrons. The summed E-state index contributed by atoms with van der Waals surface area (Å²) in [5.74, 6) is -0.678. The second kappa shape index (κ2) is 9.92. The molecule has 2 aromatic heterocycles. The zero-order chi connectivity index (χ0) is 21.5. The Balaban J connectivity index is 1.56. The maximum Gasteiger partial charge on any atom is 0.320 e. The van der Waals surface area contributed by atoms with Crippen molar-refractivity contribution in [2.75, 3.05) is 50.0 Å². The summed E-state index contributed by atoms with van der Waals surface area (Å²) in [5.41, 5.74) is 1.37. The number of hydrogen-bond donors (Lipinski definition) is 3. The van der Waals surface area contributed by atoms with Crippen LogP contribution in [0.15, 0.2) is 24.4 Å². The molecule has 0 unspecified atom stereocenters. The van der Waals surface area contributed by atoms with E-state index < -0.39 is 11.9 Å². The molecule has 1 fully saturated rings. The summed E-state index contributed by atoms with van der Waals surface area (Å²) in [7, 11) is 1.48. The lowest BCUT2D eigenvalue weighted by Gasteiger charge is -2.36. The van der Waals surface area contributed by atoms with E-state index >= 15 is 0 Å². The van der Waals surface area contributed by atoms with Crippen LogP contribution in [0.1, 0.15) is 23.0 Å². The van der Waals surface area contributed by atoms with Gasteiger partial charge in [0.05, 0.1) is 11.9 Å². The van der Waals surface area contributed by atoms with Crippen molar-refractivity contribution in [1.82, 2.24) is 30.7 Å². The summed E-state index contributed by atoms with van der Waals surface area (Å²) < 4.78 is 14.4. The highest BCUT2D eigenvalue weighted by Gasteiger charge is 2.21. The minimum Gasteiger partial charge on any atom is -0.365 e. The standard InChI is InChI=1S/C19H25FN8O2/c1-3-22-19(30)25-16-10-13(11-23-26-16)12-27-6-8-28(9-7-27)15-5-4-14(18(29)21-2)24-17(15)20/h4-5,10-11H,3,6-9,12H2,1-2H3,(H,21,29)(H2,22,25,26,30). The van der Waals surface area contributed by atoms with E-state index in [1.54, 1.807) is 18.3 Å². The van der Waals surface area contributed by atoms with Gasteiger partial charge in [-0.3, -0.25) is 15.0 Å². The molecule has 160 valence electrons. The third kappa shape index (κ3) is 5.38. The van der Waals surface area contributed by atoms with E-state index in [0.29, 0.717) is 37.7 Å². The molecule has 3 N–H and O–H groups in total. The van der Waals surface area contributed by atoms with Gasteiger partial charge in [0.15, 0.2) is 5.82 Å². The molecule has 3 heterocycles. The molecule has 0 aromatic carbocycles. The van der Waals surface area contributed by atoms with Gasteiger partial charge in [0.1, 0.15) is 5.69 Å². The molecule has 1 saturated heterocycles. The summed E-state index contributed by atoms with van der Waals surface area (Å²) in [6.45, 7) is 5.69. The van der Waals surface area contributed by atoms with E-state index in [2.05, 4.69) is 36.0 Å². The van der Waals surface area contributed by atoms with Crippen LogP contribution in [0, 0.1) is 5.95 Å². The molecule has 0 bridgehead atoms. The average Bonchev–Trinajstić information content (AvgIpc) is 2.74. The zero-order valence-electron chi connectivity index (χ0n) is 17.0. The van der Waals surface area contributed by atoms with Crippen LogP contribution in [-0.4, -0.2) is 71.8 Å². The monoisotopic (exact) mass is 416 g/mol. The van der Waals surface area contributed by atoms with Gasteiger partial charge in [-0.2, -0.15) is 9.49 Å². The maximum absolute atomic E-state index is 14.4. The number of hydrogen-bond acceptors (Lipinski definition) is 7. The fraction of sp³-hybridized carbons (Fsp3) is 0.421. The Kier molecular flexibility index (Phi) is 7.07. The highest BCUT2D eigenvalue weighted by molar-refractivity contribution is 5.92. The SMILES string of the molecule is CCNC(=O)Nc1cc(CN2CCN(c3ccc(C(=O)NC)nc3F)CC2)cnn1. The third-order valence-electron chi connectivity index (χ3n) is 4.70. The molecule has 0 atom stereocenters. The number of nitrogens with one attached hydrogen (secondary N) is 3. The number of piperazine rings is 1. The van der Waals surface area contributed by atoms with Crippen molar-refractivity contribution in [3.63, 3.8) is 0 Å². The largest absolute Gasteiger partial charge is 0.365 e. The second-order valence-corrected chi connectivity index (χ2v) is 6.78. The summed E-state index contributed by atoms with van der Waals surface area (Å²) in [4.78, 5) is 31.1. The molecular formula is C19H25FN8O2. The van der Waals surface area contributed by atoms with E-state index in [9.17, 15) is 14.0 Å². The zero-order valence-corrected chi connectivity index (χ0v) is 17.0. The number of carbonyl (C=O) groups is 2. The van der Waals surface area contributed by atoms with E-state index in [4.69, 9.17) is 0 Å². The van der Waals surface area contributed by atoms with Crippen LogP contribution in [0.2, 0.25) is 0 Å². The number of carbonyl (C=O) groups excluding carboxylic acids is 2. The van der Waals surface area contributed by atoms with Crippen LogP contribution in [0.4, 0.5) is 20.7 Å². The molecule has 1 aliphatic rings. The van der Waals surface area contributed by atoms with Gasteiger partial charge >= 0.3 is 6.03 Å². The molecule has 3 amide bonds. The van der Waals surface area contributed by atoms with E-state index in [1.807, 2.05) is 11.8 Å². The van der Waals surface area contributed by atoms with Crippen molar-refractivity contribution >= 4 is 23.4 Å². The van der Waals surface area contributed by atoms with Gasteiger partial charge in [0.2, 0.25) is 5.95 Å². The number of pyridine rings is 1. The first kappa shape index (κ1) is 21.4. The molecule has 30 heavy (non-hydrogen) atoms. The van der Waals surface area contributed by atoms with Gasteiger partial charge in [0, 0.05) is 46.3 Å². The van der Waals surface area contributed by atoms with Crippen LogP contribution < -0.4 is 20.9 Å². The van der Waals surface area contributed by atoms with Crippen LogP contribution in [0.3, 0.4) is 0 Å². The Bertz CT molecular complexity index is 902. The minimum atomic E-state index is -0.649. The van der Waals surface area contributed by atoms with Crippen molar-refractivity contribution in [1.29, 1.82) is 0 Å². The fourth-order valence-electron chi connectivity index (χ4n) is 3.20. The second-order valence-electron chi connectivity index (χ2n) is 6.78. The maximum atomic E-state index is 14.4. The van der Waals surface area contributed by atoms with Crippen molar-refractivity contribution in [2.45, 2.75) is 13.5 Å². The predicted octanol–water partition coefficient (Wildman–Crippen LogP) is 0.834. The lowest BCUT2D eigenvalue weighted by atomic mass is 10.2. The molecule has 0 spiro atoms. The molecule has 11 heteroatoms. The third-order valence-corrected chi connectivity index (χ3v) is 4.70. The van der Waals surface area contributed by atoms with Crippen LogP contribution >= 0.6 is 0 Å². The Hall–Kier alpha value is -3.34. The Labute approximate surface area is 173 Å². The van der Waals surface area contributed by atoms with Gasteiger partial charge in [-0.1, -0.05) is 0 Å². The Morgan fingerprint density at radius 3 is 2.63 bits per heavy atom. The lowest BCUT2D eigenvalue weighted by Crippen LogP contribution is -2.46. The summed E-state index contributed by atoms with van der Waals surface area (Å²) in [5, 5.41) is 15.6. The van der Waals surface area contributed by atoms with Crippen molar-refractivity contribution < 1.29 is 14.0 Å². The highest BCUT2D eigenvalue weighted by Crippen LogP contribution is 2.20. The number of nitrogens with zero attached hydrogens (tertiary/aromatic N) is 5. The first-order chi connectivity index (χ1) is 14.5. The summed E-state index contributed by atoms with van der Waals surface area (Å²) >= 11 is 0. The molecular weight excluding hydrogens is 391 g/mol. The topological polar surface area (TPSA) is 115 Å². The molecule has 3 rings (SSSR count). The number of amides is 3. The number of anilines is 2. The first-order valence-corrected chi connectivity index (χ1v) is 9.72. The lowest BCUT2D eigenvalue weighted by molar-refractivity contribution is 0.0957. The van der Waals surface area contributed by atoms with Crippen LogP contribution in [0.5, 0.6) is 0 Å². The van der Waals surface area contributed by atoms with Gasteiger partial charge < -0.3 is 15.5 Å². The highest BCUT2D eigenvalue weighted by atomic mass is 19.1. The molecule has 0 aliphatic carbocycles. The van der Waals surface area contributed by atoms with Crippen LogP contribution in [0.25, 0.3) is 0 Å². The molecule has 0 saturated carbocycles. The van der Waals surface area contributed by atoms with Gasteiger partial charge in [-0.25, -0.2) is 9.78 Å². The average molecular weight is 416 g/mol. The smallest absolute Gasteiger partial charge is 0.320 e. The van der Waals surface area contributed by atoms with Gasteiger partial charge in [0.25, 0.3) is 5.91 Å². The van der Waals surface area contributed by atoms with E-state index in [0.717, 1.165) is 18.7 Å². The first-order valence-electron chi connectivity index (χ1n) is 9.72. The van der Waals surface area contributed by atoms with Gasteiger partial charge in [-0.05, 0) is 30.7 Å². The Morgan fingerprint density at radius 2 is 1.97 bits per heavy atom. The number of rotatable bonds is 6. The van der Waals surface area contributed by atoms with Crippen molar-refractivity contribution in [2.24, 2.45) is 0 Å².